The first-order valence-corrected chi connectivity index (χ1v) is 12.8. The number of hydrogen-bond acceptors (Lipinski definition) is 4. The highest BCUT2D eigenvalue weighted by molar-refractivity contribution is 6.33. The number of aryl methyl sites for hydroxylation is 2. The minimum Gasteiger partial charge on any atom is -0.383 e. The van der Waals surface area contributed by atoms with E-state index in [1.54, 1.807) is 36.4 Å². The Morgan fingerprint density at radius 3 is 2.42 bits per heavy atom. The summed E-state index contributed by atoms with van der Waals surface area (Å²) in [6, 6.07) is 20.1. The Morgan fingerprint density at radius 1 is 1.00 bits per heavy atom. The molecule has 0 aliphatic heterocycles. The fraction of sp³-hybridized carbons (Fsp3) is 0.207. The third kappa shape index (κ3) is 6.42. The number of rotatable bonds is 9. The van der Waals surface area contributed by atoms with Crippen LogP contribution in [0.3, 0.4) is 0 Å². The van der Waals surface area contributed by atoms with Crippen LogP contribution < -0.4 is 5.32 Å². The van der Waals surface area contributed by atoms with E-state index >= 15 is 0 Å². The smallest absolute Gasteiger partial charge is 0.255 e. The Morgan fingerprint density at radius 2 is 1.74 bits per heavy atom. The summed E-state index contributed by atoms with van der Waals surface area (Å²) in [4.78, 5) is 32.6. The van der Waals surface area contributed by atoms with Gasteiger partial charge >= 0.3 is 0 Å². The van der Waals surface area contributed by atoms with Crippen LogP contribution in [0.25, 0.3) is 16.9 Å². The Kier molecular flexibility index (Phi) is 8.84. The number of halogens is 2. The summed E-state index contributed by atoms with van der Waals surface area (Å²) in [6.07, 6.45) is 1.86. The Bertz CT molecular complexity index is 1450. The van der Waals surface area contributed by atoms with Crippen molar-refractivity contribution in [2.45, 2.75) is 13.8 Å². The first-order chi connectivity index (χ1) is 18.3. The molecule has 0 spiro atoms. The number of carbonyl (C=O) groups excluding carboxylic acids is 2. The average Bonchev–Trinajstić information content (AvgIpc) is 3.32. The van der Waals surface area contributed by atoms with Crippen molar-refractivity contribution in [3.8, 4) is 16.9 Å². The molecule has 1 heterocycles. The summed E-state index contributed by atoms with van der Waals surface area (Å²) in [5.41, 5.74) is 4.95. The highest BCUT2D eigenvalue weighted by Gasteiger charge is 2.22. The van der Waals surface area contributed by atoms with Gasteiger partial charge in [0, 0.05) is 36.1 Å². The number of carbonyl (C=O) groups is 2. The van der Waals surface area contributed by atoms with Crippen LogP contribution in [-0.4, -0.2) is 53.1 Å². The zero-order chi connectivity index (χ0) is 27.2. The van der Waals surface area contributed by atoms with Crippen LogP contribution in [0.2, 0.25) is 10.0 Å². The van der Waals surface area contributed by atoms with Crippen LogP contribution in [0.15, 0.2) is 72.9 Å². The normalized spacial score (nSPS) is 10.9. The number of ether oxygens (including phenoxy) is 1. The molecular weight excluding hydrogens is 523 g/mol. The summed E-state index contributed by atoms with van der Waals surface area (Å²) in [7, 11) is 1.54. The molecule has 0 saturated heterocycles. The zero-order valence-corrected chi connectivity index (χ0v) is 22.9. The minimum atomic E-state index is -0.403. The number of anilines is 1. The summed E-state index contributed by atoms with van der Waals surface area (Å²) in [5.74, 6) is -0.429. The van der Waals surface area contributed by atoms with Gasteiger partial charge in [0.1, 0.15) is 6.54 Å². The summed E-state index contributed by atoms with van der Waals surface area (Å²) in [5, 5.41) is 3.83. The van der Waals surface area contributed by atoms with Crippen molar-refractivity contribution in [2.75, 3.05) is 32.1 Å². The molecule has 0 atom stereocenters. The number of imidazole rings is 1. The van der Waals surface area contributed by atoms with Crippen LogP contribution in [0.4, 0.5) is 5.95 Å². The number of nitrogens with zero attached hydrogens (tertiary/aromatic N) is 3. The Labute approximate surface area is 232 Å². The van der Waals surface area contributed by atoms with Crippen molar-refractivity contribution >= 4 is 41.0 Å². The van der Waals surface area contributed by atoms with Crippen molar-refractivity contribution in [1.29, 1.82) is 0 Å². The Hall–Kier alpha value is -3.65. The quantitative estimate of drug-likeness (QED) is 0.269. The van der Waals surface area contributed by atoms with Crippen LogP contribution in [0.5, 0.6) is 0 Å². The number of aromatic nitrogens is 2. The topological polar surface area (TPSA) is 76.5 Å². The van der Waals surface area contributed by atoms with E-state index < -0.39 is 5.91 Å². The van der Waals surface area contributed by atoms with Crippen LogP contribution in [0.1, 0.15) is 21.5 Å². The van der Waals surface area contributed by atoms with Gasteiger partial charge in [-0.1, -0.05) is 53.5 Å². The van der Waals surface area contributed by atoms with Gasteiger partial charge < -0.3 is 9.64 Å². The average molecular weight is 551 g/mol. The van der Waals surface area contributed by atoms with Crippen molar-refractivity contribution in [1.82, 2.24) is 14.5 Å². The lowest BCUT2D eigenvalue weighted by molar-refractivity contribution is -0.117. The monoisotopic (exact) mass is 550 g/mol. The summed E-state index contributed by atoms with van der Waals surface area (Å²) in [6.45, 7) is 4.35. The molecule has 196 valence electrons. The van der Waals surface area contributed by atoms with Crippen molar-refractivity contribution in [3.63, 3.8) is 0 Å². The predicted octanol–water partition coefficient (Wildman–Crippen LogP) is 6.19. The summed E-state index contributed by atoms with van der Waals surface area (Å²) < 4.78 is 6.99. The van der Waals surface area contributed by atoms with Gasteiger partial charge in [0.05, 0.1) is 22.9 Å². The lowest BCUT2D eigenvalue weighted by Gasteiger charge is -2.22. The van der Waals surface area contributed by atoms with E-state index in [2.05, 4.69) is 5.32 Å². The third-order valence-electron chi connectivity index (χ3n) is 6.16. The molecule has 0 unspecified atom stereocenters. The van der Waals surface area contributed by atoms with Gasteiger partial charge in [-0.15, -0.1) is 0 Å². The van der Waals surface area contributed by atoms with Gasteiger partial charge in [-0.05, 0) is 61.4 Å². The molecule has 38 heavy (non-hydrogen) atoms. The second-order valence-electron chi connectivity index (χ2n) is 8.84. The van der Waals surface area contributed by atoms with E-state index in [9.17, 15) is 9.59 Å². The molecule has 0 aliphatic carbocycles. The molecule has 0 aliphatic rings. The van der Waals surface area contributed by atoms with E-state index in [1.807, 2.05) is 54.9 Å². The zero-order valence-electron chi connectivity index (χ0n) is 21.4. The molecule has 1 aromatic heterocycles. The number of benzene rings is 3. The fourth-order valence-electron chi connectivity index (χ4n) is 3.90. The van der Waals surface area contributed by atoms with Gasteiger partial charge in [0.25, 0.3) is 5.91 Å². The second-order valence-corrected chi connectivity index (χ2v) is 9.69. The lowest BCUT2D eigenvalue weighted by Crippen LogP contribution is -2.40. The fourth-order valence-corrected chi connectivity index (χ4v) is 4.24. The molecule has 4 aromatic rings. The SMILES string of the molecule is COCCN(CC(=O)Nc1nc(-c2ccc(Cl)cc2)cn1-c1ccc(C)c(C)c1)C(=O)c1ccccc1Cl. The maximum absolute atomic E-state index is 13.3. The van der Waals surface area contributed by atoms with Crippen molar-refractivity contribution in [2.24, 2.45) is 0 Å². The molecular formula is C29H28Cl2N4O3. The minimum absolute atomic E-state index is 0.205. The Balaban J connectivity index is 1.64. The number of methoxy groups -OCH3 is 1. The standard InChI is InChI=1S/C29H28Cl2N4O3/c1-19-8-13-23(16-20(19)2)35-17-26(21-9-11-22(30)12-10-21)32-29(35)33-27(36)18-34(14-15-38-3)28(37)24-6-4-5-7-25(24)31/h4-13,16-17H,14-15,18H2,1-3H3,(H,32,33,36). The van der Waals surface area contributed by atoms with Gasteiger partial charge in [-0.2, -0.15) is 0 Å². The molecule has 0 radical (unpaired) electrons. The van der Waals surface area contributed by atoms with Crippen molar-refractivity contribution in [3.05, 3.63) is 99.7 Å². The second kappa shape index (κ2) is 12.3. The summed E-state index contributed by atoms with van der Waals surface area (Å²) >= 11 is 12.3. The van der Waals surface area contributed by atoms with Crippen molar-refractivity contribution < 1.29 is 14.3 Å². The van der Waals surface area contributed by atoms with E-state index in [4.69, 9.17) is 32.9 Å². The molecule has 3 aromatic carbocycles. The number of amides is 2. The first kappa shape index (κ1) is 27.4. The largest absolute Gasteiger partial charge is 0.383 e. The maximum atomic E-state index is 13.3. The highest BCUT2D eigenvalue weighted by atomic mass is 35.5. The van der Waals surface area contributed by atoms with E-state index in [0.717, 1.165) is 22.4 Å². The molecule has 0 bridgehead atoms. The van der Waals surface area contributed by atoms with Crippen LogP contribution in [-0.2, 0) is 9.53 Å². The van der Waals surface area contributed by atoms with Gasteiger partial charge in [0.15, 0.2) is 0 Å². The molecule has 4 rings (SSSR count). The maximum Gasteiger partial charge on any atom is 0.255 e. The first-order valence-electron chi connectivity index (χ1n) is 12.0. The molecule has 2 amide bonds. The van der Waals surface area contributed by atoms with E-state index in [-0.39, 0.29) is 25.6 Å². The number of hydrogen-bond donors (Lipinski definition) is 1. The molecule has 7 nitrogen and oxygen atoms in total. The third-order valence-corrected chi connectivity index (χ3v) is 6.74. The highest BCUT2D eigenvalue weighted by Crippen LogP contribution is 2.26. The van der Waals surface area contributed by atoms with Crippen LogP contribution >= 0.6 is 23.2 Å². The van der Waals surface area contributed by atoms with E-state index in [1.165, 1.54) is 12.0 Å². The van der Waals surface area contributed by atoms with Gasteiger partial charge in [-0.3, -0.25) is 19.5 Å². The molecule has 0 saturated carbocycles. The predicted molar refractivity (Wildman–Crippen MR) is 151 cm³/mol. The van der Waals surface area contributed by atoms with Gasteiger partial charge in [0.2, 0.25) is 11.9 Å². The van der Waals surface area contributed by atoms with Gasteiger partial charge in [-0.25, -0.2) is 4.98 Å². The molecule has 9 heteroatoms. The van der Waals surface area contributed by atoms with Crippen LogP contribution in [0, 0.1) is 13.8 Å². The molecule has 1 N–H and O–H groups in total. The molecule has 0 fully saturated rings. The van der Waals surface area contributed by atoms with E-state index in [0.29, 0.717) is 27.3 Å². The number of nitrogens with one attached hydrogen (secondary N) is 1. The lowest BCUT2D eigenvalue weighted by atomic mass is 10.1.